The molecule has 0 spiro atoms. The predicted octanol–water partition coefficient (Wildman–Crippen LogP) is 4.50. The lowest BCUT2D eigenvalue weighted by Gasteiger charge is -1.99. The predicted molar refractivity (Wildman–Crippen MR) is 102 cm³/mol. The number of carbonyl (C=O) groups excluding carboxylic acids is 1. The van der Waals surface area contributed by atoms with E-state index in [1.54, 1.807) is 12.4 Å². The van der Waals surface area contributed by atoms with Crippen LogP contribution >= 0.6 is 22.9 Å². The Hall–Kier alpha value is -2.77. The SMILES string of the molecule is COC(=O)c1nc(-c2n[nH]c3c(C)c(Cl)ccc23)sc1-c1cccnc1. The van der Waals surface area contributed by atoms with E-state index in [1.165, 1.54) is 18.4 Å². The van der Waals surface area contributed by atoms with Crippen LogP contribution in [0.5, 0.6) is 0 Å². The van der Waals surface area contributed by atoms with Crippen molar-refractivity contribution in [1.82, 2.24) is 20.2 Å². The van der Waals surface area contributed by atoms with Gasteiger partial charge in [-0.1, -0.05) is 17.7 Å². The number of rotatable bonds is 3. The first kappa shape index (κ1) is 16.7. The van der Waals surface area contributed by atoms with Crippen LogP contribution in [0.3, 0.4) is 0 Å². The molecule has 0 saturated carbocycles. The first-order valence-corrected chi connectivity index (χ1v) is 8.92. The number of nitrogens with one attached hydrogen (secondary N) is 1. The van der Waals surface area contributed by atoms with Crippen molar-refractivity contribution < 1.29 is 9.53 Å². The molecule has 0 radical (unpaired) electrons. The fourth-order valence-electron chi connectivity index (χ4n) is 2.71. The lowest BCUT2D eigenvalue weighted by atomic mass is 10.1. The molecule has 0 fully saturated rings. The fraction of sp³-hybridized carbons (Fsp3) is 0.111. The van der Waals surface area contributed by atoms with Crippen LogP contribution in [0.25, 0.3) is 32.0 Å². The zero-order valence-corrected chi connectivity index (χ0v) is 15.5. The number of aromatic nitrogens is 4. The number of thiazole rings is 1. The summed E-state index contributed by atoms with van der Waals surface area (Å²) in [5, 5.41) is 9.59. The Morgan fingerprint density at radius 3 is 2.88 bits per heavy atom. The minimum Gasteiger partial charge on any atom is -0.464 e. The van der Waals surface area contributed by atoms with Gasteiger partial charge in [-0.2, -0.15) is 5.10 Å². The minimum absolute atomic E-state index is 0.252. The topological polar surface area (TPSA) is 80.8 Å². The molecule has 4 aromatic rings. The molecule has 1 aromatic carbocycles. The molecule has 0 bridgehead atoms. The second kappa shape index (κ2) is 6.51. The number of aryl methyl sites for hydroxylation is 1. The van der Waals surface area contributed by atoms with Crippen LogP contribution in [0.15, 0.2) is 36.7 Å². The number of carbonyl (C=O) groups is 1. The monoisotopic (exact) mass is 384 g/mol. The maximum absolute atomic E-state index is 12.2. The molecule has 0 aliphatic carbocycles. The summed E-state index contributed by atoms with van der Waals surface area (Å²) < 4.78 is 4.89. The Balaban J connectivity index is 1.92. The molecule has 3 aromatic heterocycles. The number of fused-ring (bicyclic) bond motifs is 1. The number of nitrogens with zero attached hydrogens (tertiary/aromatic N) is 3. The minimum atomic E-state index is -0.495. The molecule has 1 N–H and O–H groups in total. The zero-order valence-electron chi connectivity index (χ0n) is 13.9. The molecule has 0 atom stereocenters. The van der Waals surface area contributed by atoms with Gasteiger partial charge in [-0.25, -0.2) is 9.78 Å². The van der Waals surface area contributed by atoms with Gasteiger partial charge in [0.2, 0.25) is 0 Å². The van der Waals surface area contributed by atoms with Crippen LogP contribution in [0.1, 0.15) is 16.1 Å². The molecule has 8 heteroatoms. The number of hydrogen-bond donors (Lipinski definition) is 1. The smallest absolute Gasteiger partial charge is 0.358 e. The lowest BCUT2D eigenvalue weighted by molar-refractivity contribution is 0.0596. The van der Waals surface area contributed by atoms with E-state index in [0.29, 0.717) is 20.6 Å². The molecular weight excluding hydrogens is 372 g/mol. The third kappa shape index (κ3) is 2.65. The van der Waals surface area contributed by atoms with Gasteiger partial charge in [0.15, 0.2) is 5.69 Å². The summed E-state index contributed by atoms with van der Waals surface area (Å²) in [6.07, 6.45) is 3.37. The number of pyridine rings is 1. The highest BCUT2D eigenvalue weighted by Gasteiger charge is 2.23. The van der Waals surface area contributed by atoms with E-state index < -0.39 is 5.97 Å². The van der Waals surface area contributed by atoms with E-state index in [9.17, 15) is 4.79 Å². The van der Waals surface area contributed by atoms with Crippen molar-refractivity contribution in [3.05, 3.63) is 52.9 Å². The Kier molecular flexibility index (Phi) is 4.18. The lowest BCUT2D eigenvalue weighted by Crippen LogP contribution is -2.03. The summed E-state index contributed by atoms with van der Waals surface area (Å²) in [6, 6.07) is 7.41. The molecule has 130 valence electrons. The van der Waals surface area contributed by atoms with Gasteiger partial charge in [-0.15, -0.1) is 11.3 Å². The number of hydrogen-bond acceptors (Lipinski definition) is 6. The molecule has 0 aliphatic rings. The van der Waals surface area contributed by atoms with E-state index in [0.717, 1.165) is 22.0 Å². The summed E-state index contributed by atoms with van der Waals surface area (Å²) in [4.78, 5) is 21.5. The van der Waals surface area contributed by atoms with Crippen LogP contribution in [-0.4, -0.2) is 33.2 Å². The molecule has 26 heavy (non-hydrogen) atoms. The summed E-state index contributed by atoms with van der Waals surface area (Å²) in [6.45, 7) is 1.93. The first-order chi connectivity index (χ1) is 12.6. The van der Waals surface area contributed by atoms with Crippen LogP contribution in [0, 0.1) is 6.92 Å². The highest BCUT2D eigenvalue weighted by Crippen LogP contribution is 2.38. The third-order valence-corrected chi connectivity index (χ3v) is 5.59. The molecule has 0 saturated heterocycles. The van der Waals surface area contributed by atoms with Crippen LogP contribution in [-0.2, 0) is 4.74 Å². The van der Waals surface area contributed by atoms with Gasteiger partial charge in [0.25, 0.3) is 0 Å². The summed E-state index contributed by atoms with van der Waals surface area (Å²) >= 11 is 7.56. The largest absolute Gasteiger partial charge is 0.464 e. The summed E-state index contributed by atoms with van der Waals surface area (Å²) in [5.41, 5.74) is 3.49. The van der Waals surface area contributed by atoms with Crippen molar-refractivity contribution in [2.45, 2.75) is 6.92 Å². The van der Waals surface area contributed by atoms with Crippen LogP contribution in [0.2, 0.25) is 5.02 Å². The average Bonchev–Trinajstić information content (AvgIpc) is 3.29. The fourth-order valence-corrected chi connectivity index (χ4v) is 3.92. The Bertz CT molecular complexity index is 1120. The average molecular weight is 385 g/mol. The maximum atomic E-state index is 12.2. The van der Waals surface area contributed by atoms with Gasteiger partial charge in [0, 0.05) is 28.4 Å². The van der Waals surface area contributed by atoms with Crippen molar-refractivity contribution >= 4 is 39.8 Å². The highest BCUT2D eigenvalue weighted by atomic mass is 35.5. The number of benzene rings is 1. The van der Waals surface area contributed by atoms with Gasteiger partial charge < -0.3 is 4.74 Å². The highest BCUT2D eigenvalue weighted by molar-refractivity contribution is 7.18. The van der Waals surface area contributed by atoms with Crippen molar-refractivity contribution in [3.8, 4) is 21.1 Å². The van der Waals surface area contributed by atoms with Crippen LogP contribution < -0.4 is 0 Å². The second-order valence-electron chi connectivity index (χ2n) is 5.60. The van der Waals surface area contributed by atoms with Gasteiger partial charge >= 0.3 is 5.97 Å². The molecule has 0 aliphatic heterocycles. The first-order valence-electron chi connectivity index (χ1n) is 7.73. The molecular formula is C18H13ClN4O2S. The second-order valence-corrected chi connectivity index (χ2v) is 7.00. The normalized spacial score (nSPS) is 11.0. The maximum Gasteiger partial charge on any atom is 0.358 e. The van der Waals surface area contributed by atoms with E-state index in [4.69, 9.17) is 16.3 Å². The van der Waals surface area contributed by atoms with E-state index in [1.807, 2.05) is 31.2 Å². The quantitative estimate of drug-likeness (QED) is 0.526. The number of halogens is 1. The van der Waals surface area contributed by atoms with Gasteiger partial charge in [-0.3, -0.25) is 10.1 Å². The number of esters is 1. The van der Waals surface area contributed by atoms with Gasteiger partial charge in [-0.05, 0) is 30.7 Å². The standard InChI is InChI=1S/C18H13ClN4O2S/c1-9-12(19)6-5-11-13(9)22-23-14(11)17-21-15(18(24)25-2)16(26-17)10-4-3-7-20-8-10/h3-8H,1-2H3,(H,22,23). The molecule has 0 amide bonds. The van der Waals surface area contributed by atoms with E-state index >= 15 is 0 Å². The molecule has 3 heterocycles. The van der Waals surface area contributed by atoms with Crippen molar-refractivity contribution in [1.29, 1.82) is 0 Å². The number of aromatic amines is 1. The van der Waals surface area contributed by atoms with E-state index in [-0.39, 0.29) is 5.69 Å². The molecule has 6 nitrogen and oxygen atoms in total. The number of H-pyrrole nitrogens is 1. The zero-order chi connectivity index (χ0) is 18.3. The Morgan fingerprint density at radius 1 is 1.31 bits per heavy atom. The van der Waals surface area contributed by atoms with Crippen molar-refractivity contribution in [2.75, 3.05) is 7.11 Å². The Morgan fingerprint density at radius 2 is 2.15 bits per heavy atom. The Labute approximate surface area is 157 Å². The van der Waals surface area contributed by atoms with E-state index in [2.05, 4.69) is 20.2 Å². The van der Waals surface area contributed by atoms with Gasteiger partial charge in [0.1, 0.15) is 10.7 Å². The molecule has 0 unspecified atom stereocenters. The number of ether oxygens (including phenoxy) is 1. The molecule has 4 rings (SSSR count). The third-order valence-electron chi connectivity index (χ3n) is 4.07. The number of methoxy groups -OCH3 is 1. The van der Waals surface area contributed by atoms with Gasteiger partial charge in [0.05, 0.1) is 17.5 Å². The van der Waals surface area contributed by atoms with Crippen LogP contribution in [0.4, 0.5) is 0 Å². The summed E-state index contributed by atoms with van der Waals surface area (Å²) in [5.74, 6) is -0.495. The summed E-state index contributed by atoms with van der Waals surface area (Å²) in [7, 11) is 1.34. The van der Waals surface area contributed by atoms with Crippen molar-refractivity contribution in [2.24, 2.45) is 0 Å². The van der Waals surface area contributed by atoms with Crippen molar-refractivity contribution in [3.63, 3.8) is 0 Å².